The van der Waals surface area contributed by atoms with Crippen molar-refractivity contribution in [3.63, 3.8) is 0 Å². The molecule has 0 saturated heterocycles. The molecule has 0 aliphatic rings. The zero-order valence-corrected chi connectivity index (χ0v) is 14.8. The predicted octanol–water partition coefficient (Wildman–Crippen LogP) is 2.74. The smallest absolute Gasteiger partial charge is 0.338 e. The third kappa shape index (κ3) is 6.81. The van der Waals surface area contributed by atoms with Crippen LogP contribution < -0.4 is 10.6 Å². The maximum absolute atomic E-state index is 11.8. The number of carbonyl (C=O) groups is 3. The summed E-state index contributed by atoms with van der Waals surface area (Å²) in [5, 5.41) is 5.44. The van der Waals surface area contributed by atoms with Gasteiger partial charge in [-0.25, -0.2) is 4.79 Å². The van der Waals surface area contributed by atoms with E-state index in [9.17, 15) is 14.4 Å². The number of hydrogen-bond acceptors (Lipinski definition) is 4. The van der Waals surface area contributed by atoms with Gasteiger partial charge in [0.05, 0.1) is 12.2 Å². The molecule has 0 saturated carbocycles. The lowest BCUT2D eigenvalue weighted by Gasteiger charge is -2.17. The van der Waals surface area contributed by atoms with Crippen LogP contribution in [-0.2, 0) is 14.3 Å². The molecule has 0 radical (unpaired) electrons. The van der Waals surface area contributed by atoms with Crippen LogP contribution in [0.1, 0.15) is 50.9 Å². The van der Waals surface area contributed by atoms with Gasteiger partial charge in [-0.1, -0.05) is 27.7 Å². The number of rotatable bonds is 7. The molecule has 132 valence electrons. The highest BCUT2D eigenvalue weighted by Gasteiger charge is 2.20. The molecule has 0 spiro atoms. The molecule has 0 heterocycles. The SMILES string of the molecule is CCCOC(=O)c1ccc(NC(=O)CCNC(=O)C(C)(C)C)cc1. The number of carbonyl (C=O) groups excluding carboxylic acids is 3. The van der Waals surface area contributed by atoms with Crippen molar-refractivity contribution in [3.05, 3.63) is 29.8 Å². The third-order valence-electron chi connectivity index (χ3n) is 3.16. The highest BCUT2D eigenvalue weighted by atomic mass is 16.5. The molecule has 6 heteroatoms. The van der Waals surface area contributed by atoms with Crippen LogP contribution in [0.4, 0.5) is 5.69 Å². The lowest BCUT2D eigenvalue weighted by Crippen LogP contribution is -2.36. The second-order valence-corrected chi connectivity index (χ2v) is 6.52. The molecule has 2 N–H and O–H groups in total. The zero-order valence-electron chi connectivity index (χ0n) is 14.8. The van der Waals surface area contributed by atoms with E-state index in [1.165, 1.54) is 0 Å². The molecule has 6 nitrogen and oxygen atoms in total. The van der Waals surface area contributed by atoms with Crippen molar-refractivity contribution < 1.29 is 19.1 Å². The van der Waals surface area contributed by atoms with Crippen molar-refractivity contribution >= 4 is 23.5 Å². The molecule has 24 heavy (non-hydrogen) atoms. The molecular formula is C18H26N2O4. The number of anilines is 1. The molecule has 0 bridgehead atoms. The van der Waals surface area contributed by atoms with Gasteiger partial charge in [0.2, 0.25) is 11.8 Å². The Morgan fingerprint density at radius 2 is 1.71 bits per heavy atom. The van der Waals surface area contributed by atoms with Gasteiger partial charge >= 0.3 is 5.97 Å². The van der Waals surface area contributed by atoms with E-state index in [4.69, 9.17) is 4.74 Å². The first-order valence-electron chi connectivity index (χ1n) is 8.09. The van der Waals surface area contributed by atoms with Crippen molar-refractivity contribution in [2.45, 2.75) is 40.5 Å². The van der Waals surface area contributed by atoms with Gasteiger partial charge in [0.15, 0.2) is 0 Å². The Balaban J connectivity index is 2.42. The van der Waals surface area contributed by atoms with Crippen LogP contribution in [0.3, 0.4) is 0 Å². The zero-order chi connectivity index (χ0) is 18.2. The first kappa shape index (κ1) is 19.7. The molecule has 1 rings (SSSR count). The minimum Gasteiger partial charge on any atom is -0.462 e. The van der Waals surface area contributed by atoms with E-state index in [0.717, 1.165) is 6.42 Å². The topological polar surface area (TPSA) is 84.5 Å². The monoisotopic (exact) mass is 334 g/mol. The summed E-state index contributed by atoms with van der Waals surface area (Å²) in [6.07, 6.45) is 0.952. The van der Waals surface area contributed by atoms with Crippen molar-refractivity contribution in [2.75, 3.05) is 18.5 Å². The Hall–Kier alpha value is -2.37. The number of hydrogen-bond donors (Lipinski definition) is 2. The minimum absolute atomic E-state index is 0.0924. The summed E-state index contributed by atoms with van der Waals surface area (Å²) in [5.41, 5.74) is 0.562. The largest absolute Gasteiger partial charge is 0.462 e. The van der Waals surface area contributed by atoms with Crippen LogP contribution >= 0.6 is 0 Å². The Bertz CT molecular complexity index is 574. The van der Waals surface area contributed by atoms with Gasteiger partial charge < -0.3 is 15.4 Å². The number of ether oxygens (including phenoxy) is 1. The Morgan fingerprint density at radius 1 is 1.08 bits per heavy atom. The first-order chi connectivity index (χ1) is 11.2. The highest BCUT2D eigenvalue weighted by Crippen LogP contribution is 2.13. The van der Waals surface area contributed by atoms with Crippen LogP contribution in [0, 0.1) is 5.41 Å². The lowest BCUT2D eigenvalue weighted by atomic mass is 9.96. The van der Waals surface area contributed by atoms with E-state index in [2.05, 4.69) is 10.6 Å². The number of nitrogens with one attached hydrogen (secondary N) is 2. The van der Waals surface area contributed by atoms with E-state index in [0.29, 0.717) is 17.9 Å². The maximum atomic E-state index is 11.8. The van der Waals surface area contributed by atoms with Gasteiger partial charge in [0.25, 0.3) is 0 Å². The van der Waals surface area contributed by atoms with E-state index in [1.54, 1.807) is 24.3 Å². The maximum Gasteiger partial charge on any atom is 0.338 e. The summed E-state index contributed by atoms with van der Waals surface area (Å²) in [5.74, 6) is -0.671. The minimum atomic E-state index is -0.474. The fourth-order valence-electron chi connectivity index (χ4n) is 1.75. The van der Waals surface area contributed by atoms with E-state index >= 15 is 0 Å². The predicted molar refractivity (Wildman–Crippen MR) is 92.7 cm³/mol. The molecule has 1 aromatic rings. The molecule has 2 amide bonds. The van der Waals surface area contributed by atoms with Gasteiger partial charge in [-0.15, -0.1) is 0 Å². The van der Waals surface area contributed by atoms with E-state index in [1.807, 2.05) is 27.7 Å². The fraction of sp³-hybridized carbons (Fsp3) is 0.500. The summed E-state index contributed by atoms with van der Waals surface area (Å²) < 4.78 is 5.03. The molecular weight excluding hydrogens is 308 g/mol. The average Bonchev–Trinajstić information content (AvgIpc) is 2.52. The number of amides is 2. The Morgan fingerprint density at radius 3 is 2.25 bits per heavy atom. The number of benzene rings is 1. The quantitative estimate of drug-likeness (QED) is 0.751. The highest BCUT2D eigenvalue weighted by molar-refractivity contribution is 5.93. The van der Waals surface area contributed by atoms with E-state index < -0.39 is 5.41 Å². The Labute approximate surface area is 143 Å². The summed E-state index contributed by atoms with van der Waals surface area (Å²) >= 11 is 0. The van der Waals surface area contributed by atoms with Crippen LogP contribution in [0.2, 0.25) is 0 Å². The Kier molecular flexibility index (Phi) is 7.42. The summed E-state index contributed by atoms with van der Waals surface area (Å²) in [6, 6.07) is 6.51. The van der Waals surface area contributed by atoms with Crippen LogP contribution in [0.25, 0.3) is 0 Å². The van der Waals surface area contributed by atoms with Gasteiger partial charge in [-0.2, -0.15) is 0 Å². The van der Waals surface area contributed by atoms with E-state index in [-0.39, 0.29) is 30.7 Å². The average molecular weight is 334 g/mol. The van der Waals surface area contributed by atoms with Gasteiger partial charge in [0, 0.05) is 24.1 Å². The molecule has 0 atom stereocenters. The standard InChI is InChI=1S/C18H26N2O4/c1-5-12-24-16(22)13-6-8-14(9-7-13)20-15(21)10-11-19-17(23)18(2,3)4/h6-9H,5,10-12H2,1-4H3,(H,19,23)(H,20,21). The van der Waals surface area contributed by atoms with Crippen molar-refractivity contribution in [2.24, 2.45) is 5.41 Å². The first-order valence-corrected chi connectivity index (χ1v) is 8.09. The fourth-order valence-corrected chi connectivity index (χ4v) is 1.75. The van der Waals surface area contributed by atoms with Crippen molar-refractivity contribution in [1.82, 2.24) is 5.32 Å². The van der Waals surface area contributed by atoms with Crippen LogP contribution in [0.15, 0.2) is 24.3 Å². The molecule has 0 aliphatic carbocycles. The number of esters is 1. The summed E-state index contributed by atoms with van der Waals surface area (Å²) in [7, 11) is 0. The third-order valence-corrected chi connectivity index (χ3v) is 3.16. The second-order valence-electron chi connectivity index (χ2n) is 6.52. The molecule has 1 aromatic carbocycles. The second kappa shape index (κ2) is 9.05. The normalized spacial score (nSPS) is 10.8. The molecule has 0 aromatic heterocycles. The molecule has 0 unspecified atom stereocenters. The van der Waals surface area contributed by atoms with Gasteiger partial charge in [0.1, 0.15) is 0 Å². The van der Waals surface area contributed by atoms with Crippen LogP contribution in [-0.4, -0.2) is 30.9 Å². The summed E-state index contributed by atoms with van der Waals surface area (Å²) in [4.78, 5) is 35.2. The van der Waals surface area contributed by atoms with Gasteiger partial charge in [-0.3, -0.25) is 9.59 Å². The molecule has 0 aliphatic heterocycles. The lowest BCUT2D eigenvalue weighted by molar-refractivity contribution is -0.128. The van der Waals surface area contributed by atoms with Crippen molar-refractivity contribution in [3.8, 4) is 0 Å². The van der Waals surface area contributed by atoms with Crippen LogP contribution in [0.5, 0.6) is 0 Å². The molecule has 0 fully saturated rings. The van der Waals surface area contributed by atoms with Gasteiger partial charge in [-0.05, 0) is 30.7 Å². The summed E-state index contributed by atoms with van der Waals surface area (Å²) in [6.45, 7) is 8.04. The van der Waals surface area contributed by atoms with Crippen molar-refractivity contribution in [1.29, 1.82) is 0 Å².